The lowest BCUT2D eigenvalue weighted by atomic mass is 9.29. The third kappa shape index (κ3) is 2.73. The molecule has 3 aliphatic heterocycles. The first-order valence-electron chi connectivity index (χ1n) is 15.5. The second kappa shape index (κ2) is 8.06. The summed E-state index contributed by atoms with van der Waals surface area (Å²) in [6.07, 6.45) is 0. The summed E-state index contributed by atoms with van der Waals surface area (Å²) in [7, 11) is 0. The van der Waals surface area contributed by atoms with Crippen molar-refractivity contribution in [1.29, 1.82) is 0 Å². The van der Waals surface area contributed by atoms with Gasteiger partial charge in [0.1, 0.15) is 0 Å². The van der Waals surface area contributed by atoms with E-state index in [9.17, 15) is 0 Å². The molecule has 8 aromatic rings. The summed E-state index contributed by atoms with van der Waals surface area (Å²) in [5.41, 5.74) is 16.1. The van der Waals surface area contributed by atoms with E-state index in [2.05, 4.69) is 150 Å². The fraction of sp³-hybridized carbons (Fsp3) is 0. The molecule has 0 saturated carbocycles. The summed E-state index contributed by atoms with van der Waals surface area (Å²) >= 11 is 0. The normalized spacial score (nSPS) is 13.4. The predicted octanol–water partition coefficient (Wildman–Crippen LogP) is 9.07. The number of hydrogen-bond acceptors (Lipinski definition) is 1. The molecule has 8 aromatic carbocycles. The van der Waals surface area contributed by atoms with Crippen molar-refractivity contribution in [2.75, 3.05) is 4.90 Å². The van der Waals surface area contributed by atoms with E-state index in [1.54, 1.807) is 0 Å². The Balaban J connectivity index is 1.36. The zero-order chi connectivity index (χ0) is 28.5. The second-order valence-corrected chi connectivity index (χ2v) is 12.4. The SMILES string of the molecule is c1ccc(-c2cc3c4c(c2)-c2cccc5ccc6c(c25)B4c2c(ccc4cccc-3c24)N6c2cccc3ccccc23)cc1. The van der Waals surface area contributed by atoms with Gasteiger partial charge in [0, 0.05) is 16.8 Å². The lowest BCUT2D eigenvalue weighted by Gasteiger charge is -2.44. The average molecular weight is 553 g/mol. The summed E-state index contributed by atoms with van der Waals surface area (Å²) in [4.78, 5) is 2.56. The van der Waals surface area contributed by atoms with Gasteiger partial charge in [-0.2, -0.15) is 0 Å². The Kier molecular flexibility index (Phi) is 4.20. The molecule has 3 heterocycles. The first-order valence-corrected chi connectivity index (χ1v) is 15.5. The Morgan fingerprint density at radius 3 is 1.61 bits per heavy atom. The molecular weight excluding hydrogens is 529 g/mol. The smallest absolute Gasteiger partial charge is 0.249 e. The van der Waals surface area contributed by atoms with Crippen LogP contribution in [-0.2, 0) is 0 Å². The molecule has 2 heteroatoms. The van der Waals surface area contributed by atoms with Gasteiger partial charge in [-0.15, -0.1) is 0 Å². The number of fused-ring (bicyclic) bond motifs is 3. The number of benzene rings is 8. The van der Waals surface area contributed by atoms with Gasteiger partial charge in [0.2, 0.25) is 6.71 Å². The third-order valence-corrected chi connectivity index (χ3v) is 10.3. The fourth-order valence-corrected chi connectivity index (χ4v) is 8.65. The Hall–Kier alpha value is -5.60. The topological polar surface area (TPSA) is 3.24 Å². The maximum absolute atomic E-state index is 2.56. The maximum atomic E-state index is 2.56. The molecule has 11 rings (SSSR count). The molecule has 0 N–H and O–H groups in total. The molecule has 0 atom stereocenters. The highest BCUT2D eigenvalue weighted by atomic mass is 15.2. The summed E-state index contributed by atoms with van der Waals surface area (Å²) in [5.74, 6) is 0. The van der Waals surface area contributed by atoms with Gasteiger partial charge in [-0.05, 0) is 102 Å². The van der Waals surface area contributed by atoms with E-state index in [-0.39, 0.29) is 6.71 Å². The van der Waals surface area contributed by atoms with Gasteiger partial charge < -0.3 is 4.90 Å². The Bertz CT molecular complexity index is 2440. The minimum absolute atomic E-state index is 0.179. The van der Waals surface area contributed by atoms with E-state index in [0.717, 1.165) is 0 Å². The number of anilines is 3. The van der Waals surface area contributed by atoms with Crippen LogP contribution in [0.1, 0.15) is 0 Å². The zero-order valence-electron chi connectivity index (χ0n) is 23.9. The van der Waals surface area contributed by atoms with Crippen LogP contribution in [0.4, 0.5) is 17.1 Å². The van der Waals surface area contributed by atoms with Crippen LogP contribution < -0.4 is 21.3 Å². The predicted molar refractivity (Wildman–Crippen MR) is 188 cm³/mol. The summed E-state index contributed by atoms with van der Waals surface area (Å²) in [6.45, 7) is 0.179. The van der Waals surface area contributed by atoms with Gasteiger partial charge in [-0.25, -0.2) is 0 Å². The minimum atomic E-state index is 0.179. The molecule has 0 unspecified atom stereocenters. The van der Waals surface area contributed by atoms with Crippen LogP contribution in [0.15, 0.2) is 146 Å². The monoisotopic (exact) mass is 553 g/mol. The number of rotatable bonds is 2. The molecule has 3 aliphatic rings. The van der Waals surface area contributed by atoms with Crippen LogP contribution in [0.5, 0.6) is 0 Å². The Morgan fingerprint density at radius 2 is 0.932 bits per heavy atom. The van der Waals surface area contributed by atoms with E-state index in [1.165, 1.54) is 99.1 Å². The van der Waals surface area contributed by atoms with E-state index < -0.39 is 0 Å². The largest absolute Gasteiger partial charge is 0.311 e. The second-order valence-electron chi connectivity index (χ2n) is 12.4. The molecule has 0 fully saturated rings. The standard InChI is InChI=1S/C42H24BN/c1-2-9-25(10-3-1)29-23-33-31-16-6-13-27-19-21-36-41(38(27)31)43-40(33)34(24-29)32-17-7-14-28-20-22-37(42(43)39(28)32)44(36)35-18-8-12-26-11-4-5-15-30(26)35/h1-24H. The van der Waals surface area contributed by atoms with Crippen molar-refractivity contribution in [2.24, 2.45) is 0 Å². The number of hydrogen-bond donors (Lipinski definition) is 0. The van der Waals surface area contributed by atoms with Gasteiger partial charge in [0.05, 0.1) is 5.69 Å². The summed E-state index contributed by atoms with van der Waals surface area (Å²) in [6, 6.07) is 54.5. The molecule has 0 amide bonds. The van der Waals surface area contributed by atoms with Gasteiger partial charge in [-0.1, -0.05) is 121 Å². The molecule has 44 heavy (non-hydrogen) atoms. The van der Waals surface area contributed by atoms with Gasteiger partial charge >= 0.3 is 0 Å². The minimum Gasteiger partial charge on any atom is -0.311 e. The van der Waals surface area contributed by atoms with Crippen LogP contribution in [0.25, 0.3) is 65.7 Å². The summed E-state index contributed by atoms with van der Waals surface area (Å²) in [5, 5.41) is 7.95. The van der Waals surface area contributed by atoms with Crippen molar-refractivity contribution >= 4 is 72.5 Å². The van der Waals surface area contributed by atoms with Crippen molar-refractivity contribution in [1.82, 2.24) is 0 Å². The van der Waals surface area contributed by atoms with Crippen molar-refractivity contribution in [3.05, 3.63) is 146 Å². The lowest BCUT2D eigenvalue weighted by molar-refractivity contribution is 1.32. The van der Waals surface area contributed by atoms with Crippen molar-refractivity contribution in [3.63, 3.8) is 0 Å². The van der Waals surface area contributed by atoms with Gasteiger partial charge in [-0.3, -0.25) is 0 Å². The van der Waals surface area contributed by atoms with Crippen LogP contribution in [0, 0.1) is 0 Å². The first kappa shape index (κ1) is 22.9. The average Bonchev–Trinajstić information content (AvgIpc) is 3.09. The van der Waals surface area contributed by atoms with Gasteiger partial charge in [0.15, 0.2) is 0 Å². The highest BCUT2D eigenvalue weighted by Crippen LogP contribution is 2.48. The molecule has 1 nitrogen and oxygen atoms in total. The molecule has 0 radical (unpaired) electrons. The van der Waals surface area contributed by atoms with Crippen molar-refractivity contribution < 1.29 is 0 Å². The zero-order valence-corrected chi connectivity index (χ0v) is 23.9. The Morgan fingerprint density at radius 1 is 0.364 bits per heavy atom. The van der Waals surface area contributed by atoms with Crippen LogP contribution in [0.2, 0.25) is 0 Å². The Labute approximate surface area is 255 Å². The van der Waals surface area contributed by atoms with Crippen molar-refractivity contribution in [3.8, 4) is 33.4 Å². The highest BCUT2D eigenvalue weighted by molar-refractivity contribution is 7.03. The van der Waals surface area contributed by atoms with E-state index in [1.807, 2.05) is 0 Å². The molecule has 0 saturated heterocycles. The quantitative estimate of drug-likeness (QED) is 0.193. The van der Waals surface area contributed by atoms with Crippen LogP contribution in [-0.4, -0.2) is 6.71 Å². The molecule has 0 bridgehead atoms. The molecule has 0 spiro atoms. The molecule has 200 valence electrons. The van der Waals surface area contributed by atoms with Crippen molar-refractivity contribution in [2.45, 2.75) is 0 Å². The van der Waals surface area contributed by atoms with E-state index in [0.29, 0.717) is 0 Å². The highest BCUT2D eigenvalue weighted by Gasteiger charge is 2.45. The first-order chi connectivity index (χ1) is 21.8. The van der Waals surface area contributed by atoms with Crippen LogP contribution in [0.3, 0.4) is 0 Å². The van der Waals surface area contributed by atoms with Gasteiger partial charge in [0.25, 0.3) is 0 Å². The lowest BCUT2D eigenvalue weighted by Crippen LogP contribution is -2.61. The molecule has 0 aromatic heterocycles. The molecular formula is C42H24BN. The fourth-order valence-electron chi connectivity index (χ4n) is 8.65. The van der Waals surface area contributed by atoms with E-state index >= 15 is 0 Å². The molecule has 0 aliphatic carbocycles. The van der Waals surface area contributed by atoms with Crippen LogP contribution >= 0.6 is 0 Å². The third-order valence-electron chi connectivity index (χ3n) is 10.3. The maximum Gasteiger partial charge on any atom is 0.249 e. The van der Waals surface area contributed by atoms with E-state index in [4.69, 9.17) is 0 Å². The number of nitrogens with zero attached hydrogens (tertiary/aromatic N) is 1. The summed E-state index contributed by atoms with van der Waals surface area (Å²) < 4.78 is 0.